The van der Waals surface area contributed by atoms with Crippen molar-refractivity contribution >= 4 is 27.9 Å². The number of aromatic carboxylic acids is 1. The lowest BCUT2D eigenvalue weighted by Gasteiger charge is -2.02. The van der Waals surface area contributed by atoms with Gasteiger partial charge in [-0.3, -0.25) is 0 Å². The van der Waals surface area contributed by atoms with E-state index in [0.717, 1.165) is 27.4 Å². The molecule has 0 aliphatic heterocycles. The molecule has 0 spiro atoms. The quantitative estimate of drug-likeness (QED) is 0.590. The average Bonchev–Trinajstić information content (AvgIpc) is 2.98. The van der Waals surface area contributed by atoms with Crippen LogP contribution in [0, 0.1) is 11.3 Å². The van der Waals surface area contributed by atoms with E-state index in [2.05, 4.69) is 15.0 Å². The zero-order valence-electron chi connectivity index (χ0n) is 12.3. The highest BCUT2D eigenvalue weighted by atomic mass is 16.4. The van der Waals surface area contributed by atoms with Gasteiger partial charge in [-0.2, -0.15) is 5.26 Å². The van der Waals surface area contributed by atoms with Gasteiger partial charge < -0.3 is 10.1 Å². The molecule has 2 N–H and O–H groups in total. The van der Waals surface area contributed by atoms with Crippen molar-refractivity contribution in [2.45, 2.75) is 0 Å². The third-order valence-corrected chi connectivity index (χ3v) is 3.91. The highest BCUT2D eigenvalue weighted by molar-refractivity contribution is 6.07. The van der Waals surface area contributed by atoms with E-state index in [1.807, 2.05) is 12.1 Å². The number of rotatable bonds is 2. The summed E-state index contributed by atoms with van der Waals surface area (Å²) in [5, 5.41) is 19.8. The first-order chi connectivity index (χ1) is 11.7. The average molecular weight is 314 g/mol. The fraction of sp³-hybridized carbons (Fsp3) is 0. The molecule has 0 aliphatic carbocycles. The first-order valence-corrected chi connectivity index (χ1v) is 7.17. The molecule has 24 heavy (non-hydrogen) atoms. The van der Waals surface area contributed by atoms with E-state index in [-0.39, 0.29) is 5.56 Å². The second-order valence-electron chi connectivity index (χ2n) is 5.35. The van der Waals surface area contributed by atoms with Gasteiger partial charge in [-0.25, -0.2) is 14.8 Å². The molecule has 1 aromatic carbocycles. The van der Waals surface area contributed by atoms with Crippen LogP contribution in [0.15, 0.2) is 48.8 Å². The molecular weight excluding hydrogens is 304 g/mol. The normalized spacial score (nSPS) is 10.8. The van der Waals surface area contributed by atoms with Gasteiger partial charge in [0.15, 0.2) is 0 Å². The van der Waals surface area contributed by atoms with Crippen LogP contribution in [0.25, 0.3) is 33.1 Å². The summed E-state index contributed by atoms with van der Waals surface area (Å²) in [7, 11) is 0. The van der Waals surface area contributed by atoms with Crippen LogP contribution < -0.4 is 0 Å². The molecule has 6 heteroatoms. The Morgan fingerprint density at radius 1 is 1.04 bits per heavy atom. The van der Waals surface area contributed by atoms with Crippen molar-refractivity contribution in [1.82, 2.24) is 15.0 Å². The Hall–Kier alpha value is -3.72. The van der Waals surface area contributed by atoms with Gasteiger partial charge in [0.25, 0.3) is 0 Å². The van der Waals surface area contributed by atoms with Crippen LogP contribution >= 0.6 is 0 Å². The van der Waals surface area contributed by atoms with Crippen LogP contribution in [-0.4, -0.2) is 26.0 Å². The molecule has 0 saturated carbocycles. The Morgan fingerprint density at radius 2 is 1.83 bits per heavy atom. The van der Waals surface area contributed by atoms with Crippen LogP contribution in [0.2, 0.25) is 0 Å². The Bertz CT molecular complexity index is 1140. The SMILES string of the molecule is N#Cc1cc2c(cn1)[nH]c1ncc(-c3ccc(C(=O)O)cc3)cc12. The van der Waals surface area contributed by atoms with Crippen LogP contribution in [0.5, 0.6) is 0 Å². The van der Waals surface area contributed by atoms with Crippen molar-refractivity contribution in [3.8, 4) is 17.2 Å². The predicted octanol–water partition coefficient (Wildman–Crippen LogP) is 3.35. The topological polar surface area (TPSA) is 103 Å². The number of benzene rings is 1. The van der Waals surface area contributed by atoms with E-state index in [9.17, 15) is 4.79 Å². The highest BCUT2D eigenvalue weighted by Gasteiger charge is 2.09. The first-order valence-electron chi connectivity index (χ1n) is 7.17. The van der Waals surface area contributed by atoms with Crippen LogP contribution in [0.4, 0.5) is 0 Å². The number of nitriles is 1. The van der Waals surface area contributed by atoms with E-state index in [1.54, 1.807) is 42.7 Å². The van der Waals surface area contributed by atoms with Crippen molar-refractivity contribution < 1.29 is 9.90 Å². The van der Waals surface area contributed by atoms with Crippen molar-refractivity contribution in [2.24, 2.45) is 0 Å². The maximum atomic E-state index is 10.9. The van der Waals surface area contributed by atoms with Gasteiger partial charge >= 0.3 is 5.97 Å². The molecule has 3 aromatic heterocycles. The Kier molecular flexibility index (Phi) is 3.00. The Labute approximate surface area is 136 Å². The molecule has 4 rings (SSSR count). The zero-order valence-corrected chi connectivity index (χ0v) is 12.3. The number of hydrogen-bond donors (Lipinski definition) is 2. The molecule has 4 aromatic rings. The Morgan fingerprint density at radius 3 is 2.54 bits per heavy atom. The summed E-state index contributed by atoms with van der Waals surface area (Å²) in [5.74, 6) is -0.955. The fourth-order valence-corrected chi connectivity index (χ4v) is 2.70. The number of fused-ring (bicyclic) bond motifs is 3. The summed E-state index contributed by atoms with van der Waals surface area (Å²) in [4.78, 5) is 22.6. The monoisotopic (exact) mass is 314 g/mol. The molecule has 0 amide bonds. The smallest absolute Gasteiger partial charge is 0.335 e. The molecule has 0 fully saturated rings. The maximum absolute atomic E-state index is 10.9. The molecular formula is C18H10N4O2. The van der Waals surface area contributed by atoms with E-state index in [0.29, 0.717) is 11.3 Å². The van der Waals surface area contributed by atoms with Crippen molar-refractivity contribution in [3.05, 3.63) is 60.0 Å². The van der Waals surface area contributed by atoms with Crippen LogP contribution in [0.3, 0.4) is 0 Å². The summed E-state index contributed by atoms with van der Waals surface area (Å²) in [6.07, 6.45) is 3.35. The third-order valence-electron chi connectivity index (χ3n) is 3.91. The molecule has 6 nitrogen and oxygen atoms in total. The number of hydrogen-bond acceptors (Lipinski definition) is 4. The predicted molar refractivity (Wildman–Crippen MR) is 88.5 cm³/mol. The second-order valence-corrected chi connectivity index (χ2v) is 5.35. The lowest BCUT2D eigenvalue weighted by atomic mass is 10.0. The molecule has 0 radical (unpaired) electrons. The van der Waals surface area contributed by atoms with Gasteiger partial charge in [-0.15, -0.1) is 0 Å². The summed E-state index contributed by atoms with van der Waals surface area (Å²) >= 11 is 0. The van der Waals surface area contributed by atoms with Crippen LogP contribution in [0.1, 0.15) is 16.1 Å². The molecule has 0 saturated heterocycles. The van der Waals surface area contributed by atoms with Gasteiger partial charge in [-0.05, 0) is 29.8 Å². The number of pyridine rings is 2. The minimum absolute atomic E-state index is 0.240. The zero-order chi connectivity index (χ0) is 16.7. The van der Waals surface area contributed by atoms with Gasteiger partial charge in [0, 0.05) is 22.5 Å². The molecule has 0 aliphatic rings. The van der Waals surface area contributed by atoms with E-state index < -0.39 is 5.97 Å². The number of carboxylic acids is 1. The molecule has 0 unspecified atom stereocenters. The van der Waals surface area contributed by atoms with E-state index in [4.69, 9.17) is 10.4 Å². The summed E-state index contributed by atoms with van der Waals surface area (Å²) in [6.45, 7) is 0. The van der Waals surface area contributed by atoms with Gasteiger partial charge in [-0.1, -0.05) is 12.1 Å². The number of carboxylic acid groups (broad SMARTS) is 1. The van der Waals surface area contributed by atoms with Crippen molar-refractivity contribution in [1.29, 1.82) is 5.26 Å². The number of aromatic nitrogens is 3. The molecule has 0 atom stereocenters. The standard InChI is InChI=1S/C18H10N4O2/c19-7-13-6-14-15-5-12(8-21-17(15)22-16(14)9-20-13)10-1-3-11(4-2-10)18(23)24/h1-6,8-9H,(H,21,22)(H,23,24). The number of aromatic amines is 1. The summed E-state index contributed by atoms with van der Waals surface area (Å²) in [5.41, 5.74) is 3.86. The Balaban J connectivity index is 1.89. The summed E-state index contributed by atoms with van der Waals surface area (Å²) in [6, 6.07) is 12.4. The highest BCUT2D eigenvalue weighted by Crippen LogP contribution is 2.28. The molecule has 0 bridgehead atoms. The number of nitrogens with one attached hydrogen (secondary N) is 1. The minimum atomic E-state index is -0.955. The van der Waals surface area contributed by atoms with Crippen LogP contribution in [-0.2, 0) is 0 Å². The largest absolute Gasteiger partial charge is 0.478 e. The summed E-state index contributed by atoms with van der Waals surface area (Å²) < 4.78 is 0. The lowest BCUT2D eigenvalue weighted by Crippen LogP contribution is -1.95. The van der Waals surface area contributed by atoms with Crippen molar-refractivity contribution in [3.63, 3.8) is 0 Å². The maximum Gasteiger partial charge on any atom is 0.335 e. The fourth-order valence-electron chi connectivity index (χ4n) is 2.70. The number of nitrogens with zero attached hydrogens (tertiary/aromatic N) is 3. The van der Waals surface area contributed by atoms with E-state index >= 15 is 0 Å². The second kappa shape index (κ2) is 5.18. The van der Waals surface area contributed by atoms with Crippen molar-refractivity contribution in [2.75, 3.05) is 0 Å². The molecule has 3 heterocycles. The molecule has 114 valence electrons. The van der Waals surface area contributed by atoms with Gasteiger partial charge in [0.05, 0.1) is 17.3 Å². The first kappa shape index (κ1) is 13.9. The van der Waals surface area contributed by atoms with Gasteiger partial charge in [0.2, 0.25) is 0 Å². The van der Waals surface area contributed by atoms with Gasteiger partial charge in [0.1, 0.15) is 17.4 Å². The third kappa shape index (κ3) is 2.16. The minimum Gasteiger partial charge on any atom is -0.478 e. The van der Waals surface area contributed by atoms with E-state index in [1.165, 1.54) is 0 Å². The number of carbonyl (C=O) groups is 1. The lowest BCUT2D eigenvalue weighted by molar-refractivity contribution is 0.0697. The number of H-pyrrole nitrogens is 1.